The number of hydrogen-bond donors (Lipinski definition) is 1. The molecular formula is C25H31NO. The third-order valence-electron chi connectivity index (χ3n) is 5.07. The SMILES string of the molecule is C=C1/C(=C\C)C(CCCc2ccccc2)(C(N)=O)c2ccccc21.CCC. The molecule has 142 valence electrons. The van der Waals surface area contributed by atoms with E-state index in [0.717, 1.165) is 35.1 Å². The predicted molar refractivity (Wildman–Crippen MR) is 115 cm³/mol. The second-order valence-corrected chi connectivity index (χ2v) is 7.04. The Morgan fingerprint density at radius 1 is 1.07 bits per heavy atom. The number of allylic oxidation sites excluding steroid dienone is 2. The number of hydrogen-bond acceptors (Lipinski definition) is 1. The lowest BCUT2D eigenvalue weighted by atomic mass is 9.73. The normalized spacial score (nSPS) is 19.4. The zero-order chi connectivity index (χ0) is 19.9. The lowest BCUT2D eigenvalue weighted by Gasteiger charge is -2.29. The van der Waals surface area contributed by atoms with Crippen LogP contribution in [0.1, 0.15) is 56.7 Å². The Kier molecular flexibility index (Phi) is 7.18. The largest absolute Gasteiger partial charge is 0.369 e. The van der Waals surface area contributed by atoms with E-state index >= 15 is 0 Å². The number of fused-ring (bicyclic) bond motifs is 1. The zero-order valence-electron chi connectivity index (χ0n) is 16.8. The van der Waals surface area contributed by atoms with E-state index in [1.54, 1.807) is 0 Å². The van der Waals surface area contributed by atoms with Gasteiger partial charge in [-0.1, -0.05) is 87.5 Å². The number of benzene rings is 2. The van der Waals surface area contributed by atoms with E-state index < -0.39 is 5.41 Å². The monoisotopic (exact) mass is 361 g/mol. The van der Waals surface area contributed by atoms with Crippen LogP contribution in [0.3, 0.4) is 0 Å². The van der Waals surface area contributed by atoms with Crippen molar-refractivity contribution in [3.8, 4) is 0 Å². The van der Waals surface area contributed by atoms with Gasteiger partial charge in [0.05, 0.1) is 5.41 Å². The first-order valence-electron chi connectivity index (χ1n) is 9.82. The minimum absolute atomic E-state index is 0.283. The molecule has 0 aromatic heterocycles. The molecule has 2 aromatic rings. The van der Waals surface area contributed by atoms with Crippen molar-refractivity contribution in [3.63, 3.8) is 0 Å². The number of amides is 1. The lowest BCUT2D eigenvalue weighted by molar-refractivity contribution is -0.122. The third-order valence-corrected chi connectivity index (χ3v) is 5.07. The summed E-state index contributed by atoms with van der Waals surface area (Å²) >= 11 is 0. The van der Waals surface area contributed by atoms with E-state index in [2.05, 4.69) is 32.6 Å². The molecule has 2 N–H and O–H groups in total. The number of nitrogens with two attached hydrogens (primary N) is 1. The smallest absolute Gasteiger partial charge is 0.232 e. The fraction of sp³-hybridized carbons (Fsp3) is 0.320. The molecule has 0 saturated heterocycles. The zero-order valence-corrected chi connectivity index (χ0v) is 16.8. The van der Waals surface area contributed by atoms with E-state index in [-0.39, 0.29) is 5.91 Å². The summed E-state index contributed by atoms with van der Waals surface area (Å²) in [6.45, 7) is 10.4. The topological polar surface area (TPSA) is 43.1 Å². The van der Waals surface area contributed by atoms with Crippen LogP contribution in [0, 0.1) is 0 Å². The average Bonchev–Trinajstić information content (AvgIpc) is 2.92. The van der Waals surface area contributed by atoms with Crippen LogP contribution in [0.4, 0.5) is 0 Å². The Morgan fingerprint density at radius 3 is 2.26 bits per heavy atom. The van der Waals surface area contributed by atoms with Gasteiger partial charge in [0, 0.05) is 0 Å². The molecule has 2 nitrogen and oxygen atoms in total. The van der Waals surface area contributed by atoms with Gasteiger partial charge in [0.2, 0.25) is 5.91 Å². The standard InChI is InChI=1S/C22H23NO.C3H8/c1-3-19-16(2)18-13-7-8-14-20(18)22(19,21(23)24)15-9-12-17-10-5-4-6-11-17;1-3-2/h3-8,10-11,13-14H,2,9,12,15H2,1H3,(H2,23,24);3H2,1-2H3/b19-3+;. The van der Waals surface area contributed by atoms with Gasteiger partial charge < -0.3 is 5.73 Å². The minimum atomic E-state index is -0.753. The van der Waals surface area contributed by atoms with Crippen molar-refractivity contribution in [3.05, 3.63) is 89.5 Å². The van der Waals surface area contributed by atoms with Gasteiger partial charge in [-0.2, -0.15) is 0 Å². The molecule has 1 aliphatic rings. The molecule has 1 atom stereocenters. The van der Waals surface area contributed by atoms with Crippen molar-refractivity contribution >= 4 is 11.5 Å². The fourth-order valence-corrected chi connectivity index (χ4v) is 3.95. The van der Waals surface area contributed by atoms with Crippen LogP contribution >= 0.6 is 0 Å². The van der Waals surface area contributed by atoms with Gasteiger partial charge in [0.1, 0.15) is 0 Å². The number of primary amides is 1. The highest BCUT2D eigenvalue weighted by Crippen LogP contribution is 2.51. The second-order valence-electron chi connectivity index (χ2n) is 7.04. The van der Waals surface area contributed by atoms with Crippen LogP contribution in [0.15, 0.2) is 72.8 Å². The van der Waals surface area contributed by atoms with E-state index in [0.29, 0.717) is 6.42 Å². The molecule has 0 bridgehead atoms. The molecule has 0 spiro atoms. The Labute approximate surface area is 163 Å². The summed E-state index contributed by atoms with van der Waals surface area (Å²) < 4.78 is 0. The van der Waals surface area contributed by atoms with Gasteiger partial charge in [-0.3, -0.25) is 4.79 Å². The highest BCUT2D eigenvalue weighted by atomic mass is 16.1. The second kappa shape index (κ2) is 9.36. The van der Waals surface area contributed by atoms with Crippen molar-refractivity contribution in [2.24, 2.45) is 5.73 Å². The Morgan fingerprint density at radius 2 is 1.67 bits per heavy atom. The van der Waals surface area contributed by atoms with E-state index in [9.17, 15) is 4.79 Å². The van der Waals surface area contributed by atoms with Crippen molar-refractivity contribution in [1.29, 1.82) is 0 Å². The maximum Gasteiger partial charge on any atom is 0.232 e. The van der Waals surface area contributed by atoms with Crippen molar-refractivity contribution in [2.45, 2.75) is 51.9 Å². The van der Waals surface area contributed by atoms with E-state index in [1.807, 2.05) is 55.5 Å². The molecule has 2 heteroatoms. The predicted octanol–water partition coefficient (Wildman–Crippen LogP) is 5.82. The molecule has 0 saturated carbocycles. The Bertz CT molecular complexity index is 819. The van der Waals surface area contributed by atoms with E-state index in [4.69, 9.17) is 5.73 Å². The lowest BCUT2D eigenvalue weighted by Crippen LogP contribution is -2.41. The van der Waals surface area contributed by atoms with Crippen LogP contribution in [0.2, 0.25) is 0 Å². The summed E-state index contributed by atoms with van der Waals surface area (Å²) in [6, 6.07) is 18.4. The molecule has 0 fully saturated rings. The molecule has 1 amide bonds. The number of carbonyl (C=O) groups excluding carboxylic acids is 1. The summed E-state index contributed by atoms with van der Waals surface area (Å²) in [5.74, 6) is -0.283. The number of aryl methyl sites for hydroxylation is 1. The van der Waals surface area contributed by atoms with Crippen molar-refractivity contribution in [1.82, 2.24) is 0 Å². The van der Waals surface area contributed by atoms with Crippen molar-refractivity contribution in [2.75, 3.05) is 0 Å². The summed E-state index contributed by atoms with van der Waals surface area (Å²) in [7, 11) is 0. The summed E-state index contributed by atoms with van der Waals surface area (Å²) in [6.07, 6.45) is 5.77. The number of rotatable bonds is 5. The van der Waals surface area contributed by atoms with Gasteiger partial charge >= 0.3 is 0 Å². The molecule has 3 rings (SSSR count). The molecule has 0 radical (unpaired) electrons. The number of carbonyl (C=O) groups is 1. The first kappa shape index (κ1) is 20.7. The molecule has 2 aromatic carbocycles. The molecule has 1 unspecified atom stereocenters. The first-order valence-corrected chi connectivity index (χ1v) is 9.82. The van der Waals surface area contributed by atoms with Crippen molar-refractivity contribution < 1.29 is 4.79 Å². The van der Waals surface area contributed by atoms with Gasteiger partial charge in [0.15, 0.2) is 0 Å². The summed E-state index contributed by atoms with van der Waals surface area (Å²) in [5.41, 5.74) is 10.4. The van der Waals surface area contributed by atoms with Gasteiger partial charge in [-0.05, 0) is 54.0 Å². The summed E-state index contributed by atoms with van der Waals surface area (Å²) in [5, 5.41) is 0. The quantitative estimate of drug-likeness (QED) is 0.716. The molecule has 0 aliphatic heterocycles. The molecule has 0 heterocycles. The fourth-order valence-electron chi connectivity index (χ4n) is 3.95. The van der Waals surface area contributed by atoms with Gasteiger partial charge in [-0.15, -0.1) is 0 Å². The first-order chi connectivity index (χ1) is 13.0. The van der Waals surface area contributed by atoms with E-state index in [1.165, 1.54) is 12.0 Å². The molecule has 1 aliphatic carbocycles. The molecular weight excluding hydrogens is 330 g/mol. The van der Waals surface area contributed by atoms with Crippen LogP contribution in [-0.4, -0.2) is 5.91 Å². The van der Waals surface area contributed by atoms with Crippen LogP contribution in [0.25, 0.3) is 5.57 Å². The van der Waals surface area contributed by atoms with Crippen LogP contribution in [-0.2, 0) is 16.6 Å². The maximum atomic E-state index is 12.6. The van der Waals surface area contributed by atoms with Crippen LogP contribution < -0.4 is 5.73 Å². The summed E-state index contributed by atoms with van der Waals surface area (Å²) in [4.78, 5) is 12.6. The third kappa shape index (κ3) is 4.05. The average molecular weight is 362 g/mol. The molecule has 27 heavy (non-hydrogen) atoms. The Hall–Kier alpha value is -2.61. The van der Waals surface area contributed by atoms with Crippen LogP contribution in [0.5, 0.6) is 0 Å². The Balaban J connectivity index is 0.000000817. The highest BCUT2D eigenvalue weighted by molar-refractivity contribution is 6.03. The van der Waals surface area contributed by atoms with Gasteiger partial charge in [0.25, 0.3) is 0 Å². The minimum Gasteiger partial charge on any atom is -0.369 e. The highest BCUT2D eigenvalue weighted by Gasteiger charge is 2.48. The maximum absolute atomic E-state index is 12.6. The van der Waals surface area contributed by atoms with Gasteiger partial charge in [-0.25, -0.2) is 0 Å².